The highest BCUT2D eigenvalue weighted by atomic mass is 32.2. The molecule has 0 saturated carbocycles. The summed E-state index contributed by atoms with van der Waals surface area (Å²) in [4.78, 5) is 17.7. The van der Waals surface area contributed by atoms with Crippen molar-refractivity contribution in [1.82, 2.24) is 19.7 Å². The summed E-state index contributed by atoms with van der Waals surface area (Å²) in [7, 11) is 0. The fourth-order valence-electron chi connectivity index (χ4n) is 4.19. The topological polar surface area (TPSA) is 72.7 Å². The maximum Gasteiger partial charge on any atom is 0.234 e. The van der Waals surface area contributed by atoms with Crippen LogP contribution in [0.15, 0.2) is 119 Å². The summed E-state index contributed by atoms with van der Waals surface area (Å²) < 4.78 is 4.14. The Morgan fingerprint density at radius 2 is 1.50 bits per heavy atom. The Bertz CT molecular complexity index is 1720. The molecule has 6 nitrogen and oxygen atoms in total. The summed E-state index contributed by atoms with van der Waals surface area (Å²) in [6.07, 6.45) is 0. The number of carbonyl (C=O) groups is 1. The van der Waals surface area contributed by atoms with Crippen molar-refractivity contribution >= 4 is 56.7 Å². The summed E-state index contributed by atoms with van der Waals surface area (Å²) in [5.41, 5.74) is 5.10. The molecule has 9 heteroatoms. The highest BCUT2D eigenvalue weighted by Crippen LogP contribution is 2.33. The fraction of sp³-hybridized carbons (Fsp3) is 0.0968. The van der Waals surface area contributed by atoms with Crippen LogP contribution in [0.2, 0.25) is 0 Å². The van der Waals surface area contributed by atoms with Gasteiger partial charge in [0.25, 0.3) is 0 Å². The van der Waals surface area contributed by atoms with E-state index < -0.39 is 0 Å². The molecule has 0 fully saturated rings. The van der Waals surface area contributed by atoms with Crippen molar-refractivity contribution in [2.24, 2.45) is 0 Å². The van der Waals surface area contributed by atoms with E-state index in [4.69, 9.17) is 4.98 Å². The van der Waals surface area contributed by atoms with Gasteiger partial charge in [-0.3, -0.25) is 9.36 Å². The molecule has 0 aliphatic carbocycles. The molecule has 198 valence electrons. The minimum Gasteiger partial charge on any atom is -0.325 e. The molecule has 0 radical (unpaired) electrons. The van der Waals surface area contributed by atoms with Gasteiger partial charge in [0.1, 0.15) is 0 Å². The first kappa shape index (κ1) is 26.3. The third-order valence-electron chi connectivity index (χ3n) is 6.12. The van der Waals surface area contributed by atoms with Crippen LogP contribution in [0.1, 0.15) is 11.1 Å². The first-order valence-electron chi connectivity index (χ1n) is 12.7. The lowest BCUT2D eigenvalue weighted by Gasteiger charge is -2.11. The summed E-state index contributed by atoms with van der Waals surface area (Å²) >= 11 is 4.76. The molecule has 1 N–H and O–H groups in total. The van der Waals surface area contributed by atoms with E-state index in [1.165, 1.54) is 17.3 Å². The van der Waals surface area contributed by atoms with E-state index in [2.05, 4.69) is 56.5 Å². The van der Waals surface area contributed by atoms with Gasteiger partial charge in [-0.15, -0.1) is 21.5 Å². The van der Waals surface area contributed by atoms with Crippen molar-refractivity contribution in [2.45, 2.75) is 21.8 Å². The van der Waals surface area contributed by atoms with E-state index in [-0.39, 0.29) is 11.7 Å². The maximum absolute atomic E-state index is 12.9. The number of anilines is 1. The molecule has 4 aromatic carbocycles. The second-order valence-electron chi connectivity index (χ2n) is 9.02. The van der Waals surface area contributed by atoms with Gasteiger partial charge < -0.3 is 5.32 Å². The number of fused-ring (bicyclic) bond motifs is 1. The average molecular weight is 580 g/mol. The minimum atomic E-state index is -0.0944. The number of nitrogens with zero attached hydrogens (tertiary/aromatic N) is 4. The largest absolute Gasteiger partial charge is 0.325 e. The number of thioether (sulfide) groups is 2. The maximum atomic E-state index is 12.9. The van der Waals surface area contributed by atoms with Crippen LogP contribution in [0.5, 0.6) is 0 Å². The zero-order chi connectivity index (χ0) is 27.1. The Labute approximate surface area is 244 Å². The Morgan fingerprint density at radius 3 is 2.25 bits per heavy atom. The molecule has 0 aliphatic heterocycles. The van der Waals surface area contributed by atoms with Gasteiger partial charge in [0, 0.05) is 17.0 Å². The second kappa shape index (κ2) is 12.5. The Morgan fingerprint density at radius 1 is 0.800 bits per heavy atom. The molecule has 2 heterocycles. The molecule has 0 atom stereocenters. The smallest absolute Gasteiger partial charge is 0.234 e. The van der Waals surface area contributed by atoms with E-state index in [0.717, 1.165) is 42.9 Å². The minimum absolute atomic E-state index is 0.0944. The molecular weight excluding hydrogens is 555 g/mol. The normalized spacial score (nSPS) is 11.1. The Balaban J connectivity index is 1.12. The first-order chi connectivity index (χ1) is 19.7. The van der Waals surface area contributed by atoms with Gasteiger partial charge in [-0.2, -0.15) is 0 Å². The van der Waals surface area contributed by atoms with Gasteiger partial charge in [0.05, 0.1) is 22.5 Å². The first-order valence-corrected chi connectivity index (χ1v) is 15.5. The molecule has 40 heavy (non-hydrogen) atoms. The molecule has 6 aromatic rings. The van der Waals surface area contributed by atoms with Crippen molar-refractivity contribution in [1.29, 1.82) is 0 Å². The number of carbonyl (C=O) groups excluding carboxylic acids is 1. The van der Waals surface area contributed by atoms with Gasteiger partial charge in [0.15, 0.2) is 15.3 Å². The lowest BCUT2D eigenvalue weighted by molar-refractivity contribution is -0.113. The lowest BCUT2D eigenvalue weighted by atomic mass is 10.2. The van der Waals surface area contributed by atoms with Gasteiger partial charge in [-0.1, -0.05) is 115 Å². The summed E-state index contributed by atoms with van der Waals surface area (Å²) in [6.45, 7) is 0.620. The molecule has 0 unspecified atom stereocenters. The van der Waals surface area contributed by atoms with Crippen LogP contribution in [-0.4, -0.2) is 31.4 Å². The van der Waals surface area contributed by atoms with E-state index in [1.807, 2.05) is 72.8 Å². The van der Waals surface area contributed by atoms with Crippen molar-refractivity contribution in [3.8, 4) is 11.4 Å². The van der Waals surface area contributed by atoms with Crippen molar-refractivity contribution in [2.75, 3.05) is 11.1 Å². The molecule has 2 aromatic heterocycles. The predicted molar refractivity (Wildman–Crippen MR) is 166 cm³/mol. The van der Waals surface area contributed by atoms with Crippen molar-refractivity contribution in [3.05, 3.63) is 120 Å². The number of hydrogen-bond donors (Lipinski definition) is 1. The number of thiazole rings is 1. The molecule has 0 saturated heterocycles. The molecule has 0 aliphatic rings. The van der Waals surface area contributed by atoms with Crippen molar-refractivity contribution < 1.29 is 4.79 Å². The second-order valence-corrected chi connectivity index (χ2v) is 12.2. The summed E-state index contributed by atoms with van der Waals surface area (Å²) in [5.74, 6) is 1.79. The van der Waals surface area contributed by atoms with Crippen molar-refractivity contribution in [3.63, 3.8) is 0 Å². The highest BCUT2D eigenvalue weighted by Gasteiger charge is 2.16. The molecule has 0 bridgehead atoms. The predicted octanol–water partition coefficient (Wildman–Crippen LogP) is 7.63. The molecule has 1 amide bonds. The van der Waals surface area contributed by atoms with Gasteiger partial charge in [-0.25, -0.2) is 4.98 Å². The third-order valence-corrected chi connectivity index (χ3v) is 9.32. The molecule has 6 rings (SSSR count). The van der Waals surface area contributed by atoms with E-state index in [0.29, 0.717) is 11.7 Å². The molecule has 0 spiro atoms. The fourth-order valence-corrected chi connectivity index (χ4v) is 7.00. The summed E-state index contributed by atoms with van der Waals surface area (Å²) in [5, 5.41) is 12.6. The number of rotatable bonds is 10. The van der Waals surface area contributed by atoms with Gasteiger partial charge in [0.2, 0.25) is 5.91 Å². The van der Waals surface area contributed by atoms with E-state index >= 15 is 0 Å². The summed E-state index contributed by atoms with van der Waals surface area (Å²) in [6, 6.07) is 36.4. The van der Waals surface area contributed by atoms with Crippen LogP contribution < -0.4 is 5.32 Å². The zero-order valence-electron chi connectivity index (χ0n) is 21.4. The van der Waals surface area contributed by atoms with E-state index in [1.54, 1.807) is 23.1 Å². The van der Waals surface area contributed by atoms with Crippen LogP contribution >= 0.6 is 34.9 Å². The SMILES string of the molecule is O=C(CSc1nnc(-c2ccccc2)n1Cc1ccccc1)Nc1ccc2nc(SCc3ccccc3)sc2c1. The van der Waals surface area contributed by atoms with Crippen LogP contribution in [0.25, 0.3) is 21.6 Å². The van der Waals surface area contributed by atoms with Crippen LogP contribution in [0.3, 0.4) is 0 Å². The van der Waals surface area contributed by atoms with E-state index in [9.17, 15) is 4.79 Å². The Kier molecular flexibility index (Phi) is 8.23. The Hall–Kier alpha value is -3.92. The van der Waals surface area contributed by atoms with Gasteiger partial charge >= 0.3 is 0 Å². The average Bonchev–Trinajstić information content (AvgIpc) is 3.60. The number of nitrogens with one attached hydrogen (secondary N) is 1. The number of aromatic nitrogens is 4. The lowest BCUT2D eigenvalue weighted by Crippen LogP contribution is -2.14. The quantitative estimate of drug-likeness (QED) is 0.168. The number of hydrogen-bond acceptors (Lipinski definition) is 7. The number of benzene rings is 4. The standard InChI is InChI=1S/C31H25N5OS3/c37-28(32-25-16-17-26-27(18-25)40-31(33-26)39-20-23-12-6-2-7-13-23)21-38-30-35-34-29(24-14-8-3-9-15-24)36(30)19-22-10-4-1-5-11-22/h1-18H,19-21H2,(H,32,37). The van der Waals surface area contributed by atoms with Crippen LogP contribution in [0, 0.1) is 0 Å². The van der Waals surface area contributed by atoms with Crippen LogP contribution in [0.4, 0.5) is 5.69 Å². The van der Waals surface area contributed by atoms with Gasteiger partial charge in [-0.05, 0) is 29.3 Å². The van der Waals surface area contributed by atoms with Crippen LogP contribution in [-0.2, 0) is 17.1 Å². The third kappa shape index (κ3) is 6.44. The zero-order valence-corrected chi connectivity index (χ0v) is 23.9. The number of amides is 1. The highest BCUT2D eigenvalue weighted by molar-refractivity contribution is 8.00. The molecular formula is C31H25N5OS3. The monoisotopic (exact) mass is 579 g/mol.